The Morgan fingerprint density at radius 2 is 1.91 bits per heavy atom. The first-order chi connectivity index (χ1) is 11.1. The van der Waals surface area contributed by atoms with Crippen molar-refractivity contribution >= 4 is 12.1 Å². The number of aryl methyl sites for hydroxylation is 1. The summed E-state index contributed by atoms with van der Waals surface area (Å²) in [4.78, 5) is 11.6. The Bertz CT molecular complexity index is 696. The average Bonchev–Trinajstić information content (AvgIpc) is 2.55. The second-order valence-electron chi connectivity index (χ2n) is 4.82. The lowest BCUT2D eigenvalue weighted by Crippen LogP contribution is -2.24. The van der Waals surface area contributed by atoms with Crippen molar-refractivity contribution in [1.29, 1.82) is 0 Å². The van der Waals surface area contributed by atoms with Crippen LogP contribution in [0.4, 0.5) is 0 Å². The van der Waals surface area contributed by atoms with E-state index in [0.717, 1.165) is 5.56 Å². The standard InChI is InChI=1S/C17H18N2O4/c1-12-3-6-14(7-4-12)23-11-17(21)19-18-10-13-5-8-15(22-2)9-16(13)20/h3-10,20H,11H2,1-2H3,(H,19,21)/b18-10-. The van der Waals surface area contributed by atoms with Crippen LogP contribution < -0.4 is 14.9 Å². The van der Waals surface area contributed by atoms with Gasteiger partial charge in [-0.2, -0.15) is 5.10 Å². The predicted octanol–water partition coefficient (Wildman–Crippen LogP) is 2.24. The molecule has 0 fully saturated rings. The molecule has 0 aliphatic heterocycles. The third-order valence-electron chi connectivity index (χ3n) is 3.02. The van der Waals surface area contributed by atoms with Crippen LogP contribution in [0.1, 0.15) is 11.1 Å². The molecule has 120 valence electrons. The molecule has 0 spiro atoms. The Labute approximate surface area is 134 Å². The normalized spacial score (nSPS) is 10.5. The lowest BCUT2D eigenvalue weighted by atomic mass is 10.2. The molecule has 0 unspecified atom stereocenters. The van der Waals surface area contributed by atoms with Gasteiger partial charge in [0.25, 0.3) is 5.91 Å². The van der Waals surface area contributed by atoms with E-state index in [0.29, 0.717) is 17.1 Å². The monoisotopic (exact) mass is 314 g/mol. The van der Waals surface area contributed by atoms with Crippen LogP contribution in [0.15, 0.2) is 47.6 Å². The number of rotatable bonds is 6. The number of nitrogens with one attached hydrogen (secondary N) is 1. The van der Waals surface area contributed by atoms with E-state index in [1.807, 2.05) is 19.1 Å². The number of ether oxygens (including phenoxy) is 2. The number of aromatic hydroxyl groups is 1. The van der Waals surface area contributed by atoms with E-state index in [-0.39, 0.29) is 12.4 Å². The maximum absolute atomic E-state index is 11.6. The number of phenols is 1. The molecule has 0 aliphatic carbocycles. The number of carbonyl (C=O) groups is 1. The predicted molar refractivity (Wildman–Crippen MR) is 87.1 cm³/mol. The highest BCUT2D eigenvalue weighted by Crippen LogP contribution is 2.21. The van der Waals surface area contributed by atoms with Gasteiger partial charge in [-0.3, -0.25) is 4.79 Å². The number of benzene rings is 2. The summed E-state index contributed by atoms with van der Waals surface area (Å²) in [6, 6.07) is 12.2. The van der Waals surface area contributed by atoms with Crippen molar-refractivity contribution in [2.45, 2.75) is 6.92 Å². The van der Waals surface area contributed by atoms with Crippen LogP contribution in [0.3, 0.4) is 0 Å². The lowest BCUT2D eigenvalue weighted by molar-refractivity contribution is -0.123. The second kappa shape index (κ2) is 7.84. The zero-order chi connectivity index (χ0) is 16.7. The van der Waals surface area contributed by atoms with Crippen LogP contribution in [0.2, 0.25) is 0 Å². The molecule has 1 amide bonds. The summed E-state index contributed by atoms with van der Waals surface area (Å²) in [7, 11) is 1.51. The molecule has 0 aliphatic rings. The van der Waals surface area contributed by atoms with Crippen molar-refractivity contribution in [3.05, 3.63) is 53.6 Å². The van der Waals surface area contributed by atoms with Gasteiger partial charge in [0.05, 0.1) is 13.3 Å². The molecule has 2 N–H and O–H groups in total. The quantitative estimate of drug-likeness (QED) is 0.633. The molecule has 0 atom stereocenters. The Morgan fingerprint density at radius 1 is 1.22 bits per heavy atom. The summed E-state index contributed by atoms with van der Waals surface area (Å²) in [6.45, 7) is 1.83. The topological polar surface area (TPSA) is 80.2 Å². The number of hydrogen-bond donors (Lipinski definition) is 2. The third kappa shape index (κ3) is 5.03. The molecule has 0 aromatic heterocycles. The van der Waals surface area contributed by atoms with Crippen LogP contribution in [0.25, 0.3) is 0 Å². The summed E-state index contributed by atoms with van der Waals surface area (Å²) >= 11 is 0. The molecule has 0 radical (unpaired) electrons. The smallest absolute Gasteiger partial charge is 0.277 e. The zero-order valence-electron chi connectivity index (χ0n) is 12.9. The fraction of sp³-hybridized carbons (Fsp3) is 0.176. The number of phenolic OH excluding ortho intramolecular Hbond substituents is 1. The minimum Gasteiger partial charge on any atom is -0.507 e. The summed E-state index contributed by atoms with van der Waals surface area (Å²) in [5.74, 6) is 0.769. The molecule has 0 bridgehead atoms. The number of hydrogen-bond acceptors (Lipinski definition) is 5. The minimum atomic E-state index is -0.394. The maximum Gasteiger partial charge on any atom is 0.277 e. The van der Waals surface area contributed by atoms with E-state index in [4.69, 9.17) is 9.47 Å². The first kappa shape index (κ1) is 16.4. The SMILES string of the molecule is COc1ccc(/C=N\NC(=O)COc2ccc(C)cc2)c(O)c1. The lowest BCUT2D eigenvalue weighted by Gasteiger charge is -2.05. The summed E-state index contributed by atoms with van der Waals surface area (Å²) in [5, 5.41) is 13.5. The van der Waals surface area contributed by atoms with Crippen molar-refractivity contribution in [2.24, 2.45) is 5.10 Å². The van der Waals surface area contributed by atoms with E-state index < -0.39 is 5.91 Å². The first-order valence-electron chi connectivity index (χ1n) is 6.97. The van der Waals surface area contributed by atoms with Gasteiger partial charge in [0.2, 0.25) is 0 Å². The van der Waals surface area contributed by atoms with Crippen molar-refractivity contribution in [3.63, 3.8) is 0 Å². The van der Waals surface area contributed by atoms with E-state index in [1.165, 1.54) is 19.4 Å². The molecule has 0 saturated heterocycles. The number of amides is 1. The van der Waals surface area contributed by atoms with Crippen LogP contribution >= 0.6 is 0 Å². The highest BCUT2D eigenvalue weighted by molar-refractivity contribution is 5.85. The van der Waals surface area contributed by atoms with Crippen LogP contribution in [-0.2, 0) is 4.79 Å². The van der Waals surface area contributed by atoms with Crippen LogP contribution in [0.5, 0.6) is 17.2 Å². The third-order valence-corrected chi connectivity index (χ3v) is 3.02. The number of hydrazone groups is 1. The summed E-state index contributed by atoms with van der Waals surface area (Å²) < 4.78 is 10.3. The van der Waals surface area contributed by atoms with Gasteiger partial charge in [-0.15, -0.1) is 0 Å². The van der Waals surface area contributed by atoms with E-state index >= 15 is 0 Å². The maximum atomic E-state index is 11.6. The van der Waals surface area contributed by atoms with Gasteiger partial charge in [0.15, 0.2) is 6.61 Å². The molecule has 2 aromatic carbocycles. The van der Waals surface area contributed by atoms with Gasteiger partial charge in [-0.05, 0) is 31.2 Å². The summed E-state index contributed by atoms with van der Waals surface area (Å²) in [6.07, 6.45) is 1.35. The highest BCUT2D eigenvalue weighted by Gasteiger charge is 2.03. The Balaban J connectivity index is 1.83. The van der Waals surface area contributed by atoms with Gasteiger partial charge in [0.1, 0.15) is 17.2 Å². The van der Waals surface area contributed by atoms with Crippen LogP contribution in [-0.4, -0.2) is 30.9 Å². The Hall–Kier alpha value is -3.02. The van der Waals surface area contributed by atoms with Gasteiger partial charge < -0.3 is 14.6 Å². The van der Waals surface area contributed by atoms with E-state index in [1.54, 1.807) is 24.3 Å². The van der Waals surface area contributed by atoms with Crippen molar-refractivity contribution in [3.8, 4) is 17.2 Å². The molecule has 0 saturated carbocycles. The number of nitrogens with zero attached hydrogens (tertiary/aromatic N) is 1. The zero-order valence-corrected chi connectivity index (χ0v) is 12.9. The van der Waals surface area contributed by atoms with Gasteiger partial charge in [-0.1, -0.05) is 17.7 Å². The van der Waals surface area contributed by atoms with E-state index in [2.05, 4.69) is 10.5 Å². The second-order valence-corrected chi connectivity index (χ2v) is 4.82. The average molecular weight is 314 g/mol. The molecule has 6 heteroatoms. The van der Waals surface area contributed by atoms with Crippen LogP contribution in [0, 0.1) is 6.92 Å². The largest absolute Gasteiger partial charge is 0.507 e. The molecule has 2 rings (SSSR count). The van der Waals surface area contributed by atoms with Crippen molar-refractivity contribution in [2.75, 3.05) is 13.7 Å². The number of methoxy groups -OCH3 is 1. The Morgan fingerprint density at radius 3 is 2.57 bits per heavy atom. The fourth-order valence-electron chi connectivity index (χ4n) is 1.75. The van der Waals surface area contributed by atoms with Gasteiger partial charge >= 0.3 is 0 Å². The minimum absolute atomic E-state index is 0.0123. The van der Waals surface area contributed by atoms with Crippen molar-refractivity contribution < 1.29 is 19.4 Å². The number of carbonyl (C=O) groups excluding carboxylic acids is 1. The molecule has 6 nitrogen and oxygen atoms in total. The Kier molecular flexibility index (Phi) is 5.57. The van der Waals surface area contributed by atoms with E-state index in [9.17, 15) is 9.90 Å². The van der Waals surface area contributed by atoms with Gasteiger partial charge in [-0.25, -0.2) is 5.43 Å². The molecule has 2 aromatic rings. The van der Waals surface area contributed by atoms with Crippen molar-refractivity contribution in [1.82, 2.24) is 5.43 Å². The molecule has 0 heterocycles. The molecular formula is C17H18N2O4. The first-order valence-corrected chi connectivity index (χ1v) is 6.97. The van der Waals surface area contributed by atoms with Gasteiger partial charge in [0, 0.05) is 11.6 Å². The highest BCUT2D eigenvalue weighted by atomic mass is 16.5. The molecule has 23 heavy (non-hydrogen) atoms. The summed E-state index contributed by atoms with van der Waals surface area (Å²) in [5.41, 5.74) is 3.91. The molecular weight excluding hydrogens is 296 g/mol. The fourth-order valence-corrected chi connectivity index (χ4v) is 1.75.